The Hall–Kier alpha value is -3.44. The number of hydrogen-bond acceptors (Lipinski definition) is 9. The highest BCUT2D eigenvalue weighted by atomic mass is 19.1. The Bertz CT molecular complexity index is 1310. The molecule has 2 aliphatic rings. The van der Waals surface area contributed by atoms with Crippen molar-refractivity contribution in [1.82, 2.24) is 34.4 Å². The Morgan fingerprint density at radius 1 is 1.12 bits per heavy atom. The summed E-state index contributed by atoms with van der Waals surface area (Å²) in [5.74, 6) is 1.02. The molecule has 0 aliphatic carbocycles. The van der Waals surface area contributed by atoms with Gasteiger partial charge in [0.1, 0.15) is 17.2 Å². The van der Waals surface area contributed by atoms with Crippen LogP contribution in [0, 0.1) is 0 Å². The van der Waals surface area contributed by atoms with Gasteiger partial charge < -0.3 is 15.4 Å². The van der Waals surface area contributed by atoms with E-state index in [0.29, 0.717) is 49.6 Å². The average Bonchev–Trinajstić information content (AvgIpc) is 3.23. The lowest BCUT2D eigenvalue weighted by Crippen LogP contribution is -2.57. The van der Waals surface area contributed by atoms with E-state index in [1.165, 1.54) is 0 Å². The standard InChI is InChI=1S/C22H24FN9O/c1-24-21-19-14(16-2-3-18-20(27-16)26-7-6-25-18)4-9-32(19)30-22(29-21)28-17-5-8-31(10-15(17)23)13-11-33-12-13/h2-4,6-7,9,13,15,17H,5,8,10-12H2,1H3,(H2,24,28,29,30)/t15-,17+/m0/s1. The number of halogens is 1. The second-order valence-corrected chi connectivity index (χ2v) is 8.39. The third-order valence-electron chi connectivity index (χ3n) is 6.38. The fourth-order valence-electron chi connectivity index (χ4n) is 4.49. The molecule has 0 spiro atoms. The molecule has 2 fully saturated rings. The summed E-state index contributed by atoms with van der Waals surface area (Å²) < 4.78 is 21.9. The minimum Gasteiger partial charge on any atom is -0.378 e. The number of nitrogens with one attached hydrogen (secondary N) is 2. The van der Waals surface area contributed by atoms with Crippen molar-refractivity contribution in [3.8, 4) is 11.3 Å². The van der Waals surface area contributed by atoms with Crippen molar-refractivity contribution in [1.29, 1.82) is 0 Å². The Balaban J connectivity index is 1.28. The highest BCUT2D eigenvalue weighted by Gasteiger charge is 2.35. The number of piperidine rings is 1. The van der Waals surface area contributed by atoms with Gasteiger partial charge in [-0.05, 0) is 24.6 Å². The molecular weight excluding hydrogens is 425 g/mol. The van der Waals surface area contributed by atoms with Gasteiger partial charge in [0.15, 0.2) is 11.5 Å². The summed E-state index contributed by atoms with van der Waals surface area (Å²) in [5.41, 5.74) is 3.72. The molecule has 6 heterocycles. The maximum atomic E-state index is 14.9. The molecule has 11 heteroatoms. The van der Waals surface area contributed by atoms with Crippen LogP contribution in [0.2, 0.25) is 0 Å². The van der Waals surface area contributed by atoms with Crippen molar-refractivity contribution < 1.29 is 9.13 Å². The van der Waals surface area contributed by atoms with Crippen LogP contribution in [0.1, 0.15) is 6.42 Å². The van der Waals surface area contributed by atoms with E-state index >= 15 is 0 Å². The van der Waals surface area contributed by atoms with Gasteiger partial charge in [0, 0.05) is 44.3 Å². The summed E-state index contributed by atoms with van der Waals surface area (Å²) >= 11 is 0. The lowest BCUT2D eigenvalue weighted by molar-refractivity contribution is -0.0794. The Kier molecular flexibility index (Phi) is 4.99. The van der Waals surface area contributed by atoms with E-state index in [1.54, 1.807) is 24.0 Å². The number of likely N-dealkylation sites (tertiary alicyclic amines) is 1. The molecule has 2 N–H and O–H groups in total. The molecule has 2 aliphatic heterocycles. The fraction of sp³-hybridized carbons (Fsp3) is 0.409. The van der Waals surface area contributed by atoms with Crippen LogP contribution in [0.5, 0.6) is 0 Å². The SMILES string of the molecule is CNc1nc(N[C@@H]2CCN(C3COC3)C[C@@H]2F)nn2ccc(-c3ccc4nccnc4n3)c12. The monoisotopic (exact) mass is 449 g/mol. The first-order valence-electron chi connectivity index (χ1n) is 11.1. The molecule has 2 saturated heterocycles. The number of aromatic nitrogens is 6. The first-order chi connectivity index (χ1) is 16.2. The molecule has 6 rings (SSSR count). The number of nitrogens with zero attached hydrogens (tertiary/aromatic N) is 7. The van der Waals surface area contributed by atoms with Gasteiger partial charge >= 0.3 is 0 Å². The topological polar surface area (TPSA) is 105 Å². The number of alkyl halides is 1. The summed E-state index contributed by atoms with van der Waals surface area (Å²) in [4.78, 5) is 20.1. The van der Waals surface area contributed by atoms with Crippen LogP contribution >= 0.6 is 0 Å². The predicted molar refractivity (Wildman–Crippen MR) is 122 cm³/mol. The van der Waals surface area contributed by atoms with E-state index in [2.05, 4.69) is 40.6 Å². The summed E-state index contributed by atoms with van der Waals surface area (Å²) in [6.07, 6.45) is 4.81. The molecule has 0 amide bonds. The zero-order chi connectivity index (χ0) is 22.4. The molecule has 0 aromatic carbocycles. The largest absolute Gasteiger partial charge is 0.378 e. The van der Waals surface area contributed by atoms with Crippen molar-refractivity contribution in [3.63, 3.8) is 0 Å². The minimum atomic E-state index is -1.00. The molecule has 170 valence electrons. The second-order valence-electron chi connectivity index (χ2n) is 8.39. The van der Waals surface area contributed by atoms with Crippen molar-refractivity contribution in [2.45, 2.75) is 24.7 Å². The summed E-state index contributed by atoms with van der Waals surface area (Å²) in [6.45, 7) is 2.63. The summed E-state index contributed by atoms with van der Waals surface area (Å²) in [6, 6.07) is 5.76. The van der Waals surface area contributed by atoms with Gasteiger partial charge in [-0.25, -0.2) is 18.9 Å². The third kappa shape index (κ3) is 3.62. The van der Waals surface area contributed by atoms with Crippen LogP contribution in [-0.4, -0.2) is 86.1 Å². The van der Waals surface area contributed by atoms with E-state index in [1.807, 2.05) is 24.4 Å². The number of hydrogen-bond donors (Lipinski definition) is 2. The highest BCUT2D eigenvalue weighted by molar-refractivity contribution is 5.89. The van der Waals surface area contributed by atoms with E-state index < -0.39 is 6.17 Å². The van der Waals surface area contributed by atoms with E-state index in [4.69, 9.17) is 4.74 Å². The number of rotatable bonds is 5. The lowest BCUT2D eigenvalue weighted by atomic mass is 10.0. The van der Waals surface area contributed by atoms with Crippen LogP contribution < -0.4 is 10.6 Å². The van der Waals surface area contributed by atoms with Gasteiger partial charge in [-0.1, -0.05) is 0 Å². The third-order valence-corrected chi connectivity index (χ3v) is 6.38. The number of pyridine rings is 1. The van der Waals surface area contributed by atoms with Gasteiger partial charge in [0.2, 0.25) is 5.95 Å². The molecule has 0 bridgehead atoms. The van der Waals surface area contributed by atoms with E-state index in [0.717, 1.165) is 28.8 Å². The normalized spacial score (nSPS) is 21.9. The van der Waals surface area contributed by atoms with Gasteiger partial charge in [-0.15, -0.1) is 5.10 Å². The van der Waals surface area contributed by atoms with Crippen molar-refractivity contribution in [2.75, 3.05) is 44.0 Å². The van der Waals surface area contributed by atoms with E-state index in [9.17, 15) is 4.39 Å². The van der Waals surface area contributed by atoms with Crippen LogP contribution in [0.15, 0.2) is 36.8 Å². The van der Waals surface area contributed by atoms with Crippen LogP contribution in [0.4, 0.5) is 16.2 Å². The molecule has 10 nitrogen and oxygen atoms in total. The van der Waals surface area contributed by atoms with Gasteiger partial charge in [0.25, 0.3) is 0 Å². The first-order valence-corrected chi connectivity index (χ1v) is 11.1. The maximum absolute atomic E-state index is 14.9. The summed E-state index contributed by atoms with van der Waals surface area (Å²) in [5, 5.41) is 11.0. The van der Waals surface area contributed by atoms with Gasteiger partial charge in [-0.2, -0.15) is 4.98 Å². The molecule has 0 saturated carbocycles. The van der Waals surface area contributed by atoms with Crippen LogP contribution in [-0.2, 0) is 4.74 Å². The highest BCUT2D eigenvalue weighted by Crippen LogP contribution is 2.30. The Labute approximate surface area is 189 Å². The Morgan fingerprint density at radius 3 is 2.79 bits per heavy atom. The average molecular weight is 449 g/mol. The zero-order valence-corrected chi connectivity index (χ0v) is 18.1. The molecular formula is C22H24FN9O. The molecule has 33 heavy (non-hydrogen) atoms. The van der Waals surface area contributed by atoms with E-state index in [-0.39, 0.29) is 6.04 Å². The van der Waals surface area contributed by atoms with Crippen LogP contribution in [0.3, 0.4) is 0 Å². The minimum absolute atomic E-state index is 0.333. The van der Waals surface area contributed by atoms with Crippen molar-refractivity contribution >= 4 is 28.4 Å². The quantitative estimate of drug-likeness (QED) is 0.473. The fourth-order valence-corrected chi connectivity index (χ4v) is 4.49. The number of anilines is 2. The maximum Gasteiger partial charge on any atom is 0.243 e. The van der Waals surface area contributed by atoms with Crippen LogP contribution in [0.25, 0.3) is 27.9 Å². The van der Waals surface area contributed by atoms with Crippen molar-refractivity contribution in [3.05, 3.63) is 36.8 Å². The lowest BCUT2D eigenvalue weighted by Gasteiger charge is -2.42. The van der Waals surface area contributed by atoms with Gasteiger partial charge in [-0.3, -0.25) is 9.88 Å². The first kappa shape index (κ1) is 20.2. The van der Waals surface area contributed by atoms with Crippen molar-refractivity contribution in [2.24, 2.45) is 0 Å². The molecule has 2 atom stereocenters. The smallest absolute Gasteiger partial charge is 0.243 e. The molecule has 4 aromatic rings. The van der Waals surface area contributed by atoms with Gasteiger partial charge in [0.05, 0.1) is 31.0 Å². The second kappa shape index (κ2) is 8.16. The zero-order valence-electron chi connectivity index (χ0n) is 18.1. The molecule has 0 radical (unpaired) electrons. The number of ether oxygens (including phenoxy) is 1. The summed E-state index contributed by atoms with van der Waals surface area (Å²) in [7, 11) is 1.80. The predicted octanol–water partition coefficient (Wildman–Crippen LogP) is 2.00. The number of fused-ring (bicyclic) bond motifs is 2. The molecule has 4 aromatic heterocycles. The molecule has 0 unspecified atom stereocenters. The Morgan fingerprint density at radius 2 is 2.00 bits per heavy atom.